The number of rotatable bonds is 29. The van der Waals surface area contributed by atoms with Gasteiger partial charge in [0.05, 0.1) is 5.57 Å². The maximum Gasteiger partial charge on any atom is 0.237 e. The molecule has 0 aromatic carbocycles. The molecule has 209 valence electrons. The molecule has 36 heavy (non-hydrogen) atoms. The van der Waals surface area contributed by atoms with E-state index in [1.807, 2.05) is 12.4 Å². The molecule has 0 fully saturated rings. The van der Waals surface area contributed by atoms with Crippen LogP contribution >= 0.6 is 0 Å². The van der Waals surface area contributed by atoms with Gasteiger partial charge in [-0.15, -0.1) is 0 Å². The number of carbonyl (C=O) groups is 1. The first kappa shape index (κ1) is 34.8. The lowest BCUT2D eigenvalue weighted by molar-refractivity contribution is -0.110. The van der Waals surface area contributed by atoms with Gasteiger partial charge in [0, 0.05) is 0 Å². The topological polar surface area (TPSA) is 34.1 Å². The largest absolute Gasteiger partial charge is 0.289 e. The molecule has 0 spiro atoms. The number of carbonyl (C=O) groups excluding carboxylic acids is 2. The van der Waals surface area contributed by atoms with Crippen LogP contribution in [-0.4, -0.2) is 12.1 Å². The molecular weight excluding hydrogens is 440 g/mol. The number of allylic oxidation sites excluding steroid dienone is 4. The fraction of sp³-hybridized carbons (Fsp3) is 0.824. The third-order valence-electron chi connectivity index (χ3n) is 7.28. The predicted octanol–water partition coefficient (Wildman–Crippen LogP) is 11.3. The van der Waals surface area contributed by atoms with E-state index in [4.69, 9.17) is 0 Å². The van der Waals surface area contributed by atoms with Gasteiger partial charge < -0.3 is 0 Å². The first-order valence-electron chi connectivity index (χ1n) is 16.0. The normalized spacial score (nSPS) is 12.0. The monoisotopic (exact) mass is 501 g/mol. The van der Waals surface area contributed by atoms with Crippen LogP contribution in [0.25, 0.3) is 0 Å². The van der Waals surface area contributed by atoms with Gasteiger partial charge in [-0.3, -0.25) is 9.59 Å². The summed E-state index contributed by atoms with van der Waals surface area (Å²) in [6.45, 7) is 4.54. The summed E-state index contributed by atoms with van der Waals surface area (Å²) in [5, 5.41) is 0. The first-order valence-corrected chi connectivity index (χ1v) is 16.0. The fourth-order valence-electron chi connectivity index (χ4n) is 4.81. The smallest absolute Gasteiger partial charge is 0.237 e. The summed E-state index contributed by atoms with van der Waals surface area (Å²) < 4.78 is 0. The Morgan fingerprint density at radius 1 is 0.500 bits per heavy atom. The summed E-state index contributed by atoms with van der Waals surface area (Å²) >= 11 is 0. The zero-order valence-electron chi connectivity index (χ0n) is 24.4. The molecule has 0 aliphatic rings. The van der Waals surface area contributed by atoms with Crippen LogP contribution in [0.2, 0.25) is 0 Å². The highest BCUT2D eigenvalue weighted by atomic mass is 16.1. The maximum atomic E-state index is 12.2. The third kappa shape index (κ3) is 25.9. The van der Waals surface area contributed by atoms with E-state index in [0.29, 0.717) is 0 Å². The molecule has 2 heteroatoms. The summed E-state index contributed by atoms with van der Waals surface area (Å²) in [6.07, 6.45) is 40.8. The summed E-state index contributed by atoms with van der Waals surface area (Å²) in [5.41, 5.74) is 0.212. The third-order valence-corrected chi connectivity index (χ3v) is 7.28. The van der Waals surface area contributed by atoms with E-state index in [2.05, 4.69) is 13.8 Å². The number of hydrogen-bond donors (Lipinski definition) is 0. The van der Waals surface area contributed by atoms with E-state index < -0.39 is 0 Å². The van der Waals surface area contributed by atoms with Gasteiger partial charge in [0.25, 0.3) is 0 Å². The van der Waals surface area contributed by atoms with Crippen molar-refractivity contribution in [3.63, 3.8) is 0 Å². The second kappa shape index (κ2) is 30.0. The van der Waals surface area contributed by atoms with Crippen LogP contribution in [0.4, 0.5) is 0 Å². The summed E-state index contributed by atoms with van der Waals surface area (Å²) in [6, 6.07) is 0. The number of hydrogen-bond acceptors (Lipinski definition) is 2. The van der Waals surface area contributed by atoms with Crippen molar-refractivity contribution in [2.24, 2.45) is 0 Å². The Kier molecular flexibility index (Phi) is 29.1. The van der Waals surface area contributed by atoms with Crippen molar-refractivity contribution in [3.05, 3.63) is 23.8 Å². The molecule has 1 radical (unpaired) electrons. The number of unbranched alkanes of at least 4 members (excludes halogenated alkanes) is 24. The SMILES string of the molecule is CCCCCCCCCCCCCC=CC(=O)C([C]=O)=CCCCCCCCCCCCCCCC. The lowest BCUT2D eigenvalue weighted by Crippen LogP contribution is -1.99. The Balaban J connectivity index is 3.60. The second-order valence-electron chi connectivity index (χ2n) is 10.8. The minimum Gasteiger partial charge on any atom is -0.289 e. The van der Waals surface area contributed by atoms with Crippen LogP contribution in [0.1, 0.15) is 181 Å². The van der Waals surface area contributed by atoms with Gasteiger partial charge in [-0.25, -0.2) is 0 Å². The number of ketones is 1. The van der Waals surface area contributed by atoms with E-state index in [1.54, 1.807) is 12.2 Å². The van der Waals surface area contributed by atoms with Crippen LogP contribution in [0.3, 0.4) is 0 Å². The van der Waals surface area contributed by atoms with Crippen molar-refractivity contribution < 1.29 is 9.59 Å². The highest BCUT2D eigenvalue weighted by Gasteiger charge is 2.05. The van der Waals surface area contributed by atoms with Crippen molar-refractivity contribution in [1.82, 2.24) is 0 Å². The molecule has 0 atom stereocenters. The van der Waals surface area contributed by atoms with Gasteiger partial charge in [0.2, 0.25) is 6.29 Å². The molecule has 0 aromatic rings. The molecule has 0 aliphatic heterocycles. The molecule has 0 saturated carbocycles. The Hall–Kier alpha value is -1.18. The van der Waals surface area contributed by atoms with E-state index in [0.717, 1.165) is 25.7 Å². The van der Waals surface area contributed by atoms with Gasteiger partial charge in [-0.05, 0) is 31.8 Å². The van der Waals surface area contributed by atoms with Crippen LogP contribution in [0.15, 0.2) is 23.8 Å². The lowest BCUT2D eigenvalue weighted by atomic mass is 10.0. The molecule has 0 saturated heterocycles. The summed E-state index contributed by atoms with van der Waals surface area (Å²) in [5.74, 6) is -0.178. The molecular formula is C34H61O2. The highest BCUT2D eigenvalue weighted by molar-refractivity contribution is 6.17. The summed E-state index contributed by atoms with van der Waals surface area (Å²) in [7, 11) is 0. The highest BCUT2D eigenvalue weighted by Crippen LogP contribution is 2.14. The van der Waals surface area contributed by atoms with Crippen molar-refractivity contribution >= 4 is 12.1 Å². The average Bonchev–Trinajstić information content (AvgIpc) is 2.89. The van der Waals surface area contributed by atoms with Crippen LogP contribution in [0, 0.1) is 0 Å². The fourth-order valence-corrected chi connectivity index (χ4v) is 4.81. The van der Waals surface area contributed by atoms with Gasteiger partial charge in [-0.1, -0.05) is 167 Å². The van der Waals surface area contributed by atoms with Crippen molar-refractivity contribution in [3.8, 4) is 0 Å². The Labute approximate surface area is 226 Å². The molecule has 0 heterocycles. The van der Waals surface area contributed by atoms with Crippen LogP contribution < -0.4 is 0 Å². The Morgan fingerprint density at radius 2 is 0.833 bits per heavy atom. The van der Waals surface area contributed by atoms with E-state index in [-0.39, 0.29) is 11.4 Å². The Morgan fingerprint density at radius 3 is 1.19 bits per heavy atom. The molecule has 0 N–H and O–H groups in total. The lowest BCUT2D eigenvalue weighted by Gasteiger charge is -2.02. The van der Waals surface area contributed by atoms with Crippen molar-refractivity contribution in [2.75, 3.05) is 0 Å². The minimum atomic E-state index is -0.178. The standard InChI is InChI=1S/C34H61O2/c1-3-5-7-9-11-13-15-17-19-20-22-24-26-28-30-33(32-35)34(36)31-29-27-25-23-21-18-16-14-12-10-8-6-4-2/h29-31H,3-28H2,1-2H3. The maximum absolute atomic E-state index is 12.2. The van der Waals surface area contributed by atoms with Crippen LogP contribution in [0.5, 0.6) is 0 Å². The molecule has 0 amide bonds. The molecule has 0 bridgehead atoms. The van der Waals surface area contributed by atoms with Gasteiger partial charge in [0.1, 0.15) is 0 Å². The zero-order chi connectivity index (χ0) is 26.4. The molecule has 2 nitrogen and oxygen atoms in total. The average molecular weight is 502 g/mol. The van der Waals surface area contributed by atoms with Crippen molar-refractivity contribution in [2.45, 2.75) is 181 Å². The first-order chi connectivity index (χ1) is 17.8. The molecule has 0 unspecified atom stereocenters. The quantitative estimate of drug-likeness (QED) is 0.0442. The van der Waals surface area contributed by atoms with Gasteiger partial charge in [0.15, 0.2) is 5.78 Å². The molecule has 0 aliphatic carbocycles. The molecule has 0 rings (SSSR count). The molecule has 0 aromatic heterocycles. The van der Waals surface area contributed by atoms with Gasteiger partial charge >= 0.3 is 0 Å². The zero-order valence-corrected chi connectivity index (χ0v) is 24.4. The van der Waals surface area contributed by atoms with E-state index in [9.17, 15) is 9.59 Å². The van der Waals surface area contributed by atoms with Crippen molar-refractivity contribution in [1.29, 1.82) is 0 Å². The van der Waals surface area contributed by atoms with E-state index >= 15 is 0 Å². The summed E-state index contributed by atoms with van der Waals surface area (Å²) in [4.78, 5) is 23.4. The second-order valence-corrected chi connectivity index (χ2v) is 10.8. The van der Waals surface area contributed by atoms with E-state index in [1.165, 1.54) is 141 Å². The predicted molar refractivity (Wildman–Crippen MR) is 159 cm³/mol. The minimum absolute atomic E-state index is 0.178. The Bertz CT molecular complexity index is 531. The van der Waals surface area contributed by atoms with Crippen LogP contribution in [-0.2, 0) is 9.59 Å². The van der Waals surface area contributed by atoms with Gasteiger partial charge in [-0.2, -0.15) is 0 Å².